The average Bonchev–Trinajstić information content (AvgIpc) is 3.94. The first-order valence-corrected chi connectivity index (χ1v) is 18.5. The summed E-state index contributed by atoms with van der Waals surface area (Å²) in [7, 11) is 0. The molecule has 2 aliphatic carbocycles. The first-order chi connectivity index (χ1) is 26.3. The number of nitrogens with zero attached hydrogens (tertiary/aromatic N) is 2. The highest BCUT2D eigenvalue weighted by atomic mass is 16.5. The van der Waals surface area contributed by atoms with Gasteiger partial charge in [0.15, 0.2) is 0 Å². The highest BCUT2D eigenvalue weighted by Crippen LogP contribution is 2.50. The van der Waals surface area contributed by atoms with Gasteiger partial charge in [0.2, 0.25) is 0 Å². The second kappa shape index (κ2) is 9.93. The van der Waals surface area contributed by atoms with Gasteiger partial charge in [0.1, 0.15) is 11.9 Å². The van der Waals surface area contributed by atoms with Crippen LogP contribution in [0.4, 0.5) is 0 Å². The Labute approximate surface area is 304 Å². The Balaban J connectivity index is 1.14. The Morgan fingerprint density at radius 2 is 1.21 bits per heavy atom. The lowest BCUT2D eigenvalue weighted by Gasteiger charge is -2.13. The summed E-state index contributed by atoms with van der Waals surface area (Å²) in [4.78, 5) is 0. The van der Waals surface area contributed by atoms with E-state index in [9.17, 15) is 0 Å². The summed E-state index contributed by atoms with van der Waals surface area (Å²) in [5.41, 5.74) is 13.6. The molecule has 2 atom stereocenters. The third-order valence-electron chi connectivity index (χ3n) is 12.1. The van der Waals surface area contributed by atoms with Crippen molar-refractivity contribution in [3.63, 3.8) is 0 Å². The molecule has 246 valence electrons. The Kier molecular flexibility index (Phi) is 5.22. The van der Waals surface area contributed by atoms with Gasteiger partial charge in [0.25, 0.3) is 0 Å². The second-order valence-corrected chi connectivity index (χ2v) is 14.8. The van der Waals surface area contributed by atoms with E-state index < -0.39 is 0 Å². The molecule has 10 aromatic rings. The Morgan fingerprint density at radius 3 is 2.13 bits per heavy atom. The summed E-state index contributed by atoms with van der Waals surface area (Å²) in [6.07, 6.45) is 8.76. The highest BCUT2D eigenvalue weighted by Gasteiger charge is 2.34. The number of benzene rings is 8. The van der Waals surface area contributed by atoms with Crippen molar-refractivity contribution in [3.05, 3.63) is 175 Å². The van der Waals surface area contributed by atoms with Gasteiger partial charge < -0.3 is 13.9 Å². The molecular weight excluding hydrogens is 645 g/mol. The minimum Gasteiger partial charge on any atom is -0.485 e. The smallest absolute Gasteiger partial charge is 0.128 e. The SMILES string of the molecule is C1=CC2Oc3cc4c(cc3C2C=C1)c1ccc2c(c3ccccc3n2-c2ccc3c(c2)-c2cccc5cccc-3c25)c1n4-c1ccc2ccccc2c1. The van der Waals surface area contributed by atoms with Crippen LogP contribution in [0.1, 0.15) is 11.5 Å². The zero-order chi connectivity index (χ0) is 34.4. The molecule has 3 nitrogen and oxygen atoms in total. The minimum atomic E-state index is 0.0404. The molecule has 0 saturated carbocycles. The maximum atomic E-state index is 6.62. The van der Waals surface area contributed by atoms with Crippen LogP contribution in [0, 0.1) is 0 Å². The minimum absolute atomic E-state index is 0.0404. The predicted octanol–water partition coefficient (Wildman–Crippen LogP) is 12.8. The van der Waals surface area contributed by atoms with Crippen LogP contribution in [0.25, 0.3) is 98.8 Å². The zero-order valence-corrected chi connectivity index (χ0v) is 28.6. The Bertz CT molecular complexity index is 3330. The molecule has 2 aromatic heterocycles. The van der Waals surface area contributed by atoms with Crippen molar-refractivity contribution in [2.45, 2.75) is 12.0 Å². The van der Waals surface area contributed by atoms with Crippen molar-refractivity contribution in [1.82, 2.24) is 9.13 Å². The third kappa shape index (κ3) is 3.59. The maximum absolute atomic E-state index is 6.62. The summed E-state index contributed by atoms with van der Waals surface area (Å²) in [5.74, 6) is 1.20. The van der Waals surface area contributed by atoms with Gasteiger partial charge in [-0.2, -0.15) is 0 Å². The molecule has 3 heterocycles. The van der Waals surface area contributed by atoms with Gasteiger partial charge in [0.05, 0.1) is 22.1 Å². The van der Waals surface area contributed by atoms with Gasteiger partial charge in [-0.05, 0) is 92.3 Å². The van der Waals surface area contributed by atoms with Crippen molar-refractivity contribution in [2.75, 3.05) is 0 Å². The van der Waals surface area contributed by atoms with E-state index in [1.165, 1.54) is 93.1 Å². The normalized spacial score (nSPS) is 16.7. The van der Waals surface area contributed by atoms with Crippen molar-refractivity contribution >= 4 is 65.2 Å². The van der Waals surface area contributed by atoms with Crippen LogP contribution in [-0.4, -0.2) is 15.2 Å². The molecule has 0 bridgehead atoms. The fourth-order valence-electron chi connectivity index (χ4n) is 9.87. The molecule has 2 unspecified atom stereocenters. The lowest BCUT2D eigenvalue weighted by molar-refractivity contribution is 0.269. The summed E-state index contributed by atoms with van der Waals surface area (Å²) in [5, 5.41) is 10.1. The fraction of sp³-hybridized carbons (Fsp3) is 0.0400. The molecule has 0 radical (unpaired) electrons. The fourth-order valence-corrected chi connectivity index (χ4v) is 9.87. The van der Waals surface area contributed by atoms with Crippen molar-refractivity contribution in [2.24, 2.45) is 0 Å². The van der Waals surface area contributed by atoms with E-state index in [4.69, 9.17) is 4.74 Å². The van der Waals surface area contributed by atoms with Crippen LogP contribution < -0.4 is 4.74 Å². The van der Waals surface area contributed by atoms with Crippen LogP contribution in [0.5, 0.6) is 5.75 Å². The van der Waals surface area contributed by atoms with Gasteiger partial charge in [-0.1, -0.05) is 115 Å². The molecule has 8 aromatic carbocycles. The average molecular weight is 675 g/mol. The summed E-state index contributed by atoms with van der Waals surface area (Å²) < 4.78 is 11.6. The summed E-state index contributed by atoms with van der Waals surface area (Å²) in [6, 6.07) is 54.2. The quantitative estimate of drug-likeness (QED) is 0.179. The maximum Gasteiger partial charge on any atom is 0.128 e. The Hall–Kier alpha value is -6.84. The van der Waals surface area contributed by atoms with Gasteiger partial charge in [0, 0.05) is 50.5 Å². The van der Waals surface area contributed by atoms with Crippen LogP contribution in [0.15, 0.2) is 170 Å². The van der Waals surface area contributed by atoms with Gasteiger partial charge in [-0.15, -0.1) is 0 Å². The predicted molar refractivity (Wildman–Crippen MR) is 220 cm³/mol. The summed E-state index contributed by atoms with van der Waals surface area (Å²) >= 11 is 0. The van der Waals surface area contributed by atoms with Crippen LogP contribution in [0.2, 0.25) is 0 Å². The topological polar surface area (TPSA) is 19.1 Å². The van der Waals surface area contributed by atoms with E-state index in [0.29, 0.717) is 0 Å². The first-order valence-electron chi connectivity index (χ1n) is 18.5. The van der Waals surface area contributed by atoms with E-state index in [1.807, 2.05) is 0 Å². The van der Waals surface area contributed by atoms with Crippen LogP contribution >= 0.6 is 0 Å². The van der Waals surface area contributed by atoms with Gasteiger partial charge >= 0.3 is 0 Å². The number of hydrogen-bond acceptors (Lipinski definition) is 1. The molecule has 0 saturated heterocycles. The molecule has 53 heavy (non-hydrogen) atoms. The molecule has 0 spiro atoms. The highest BCUT2D eigenvalue weighted by molar-refractivity contribution is 6.26. The van der Waals surface area contributed by atoms with E-state index >= 15 is 0 Å². The van der Waals surface area contributed by atoms with E-state index in [0.717, 1.165) is 17.0 Å². The van der Waals surface area contributed by atoms with Crippen molar-refractivity contribution in [3.8, 4) is 39.4 Å². The third-order valence-corrected chi connectivity index (χ3v) is 12.1. The molecule has 13 rings (SSSR count). The van der Waals surface area contributed by atoms with Gasteiger partial charge in [-0.3, -0.25) is 0 Å². The standard InChI is InChI=1S/C50H30N2O/c1-2-10-31-25-32(20-19-29(31)9-1)52-45-28-47-42(35-13-4-6-18-46(35)53-47)27-41(45)38-23-24-44-49(50(38)52)39-14-3-5-17-43(39)51(44)33-21-22-34-36-15-7-11-30-12-8-16-37(48(30)36)40(34)26-33/h1-28,35,46H. The monoisotopic (exact) mass is 674 g/mol. The molecule has 0 fully saturated rings. The van der Waals surface area contributed by atoms with Crippen LogP contribution in [0.3, 0.4) is 0 Å². The number of fused-ring (bicyclic) bond motifs is 14. The zero-order valence-electron chi connectivity index (χ0n) is 28.6. The molecule has 0 N–H and O–H groups in total. The molecule has 0 amide bonds. The van der Waals surface area contributed by atoms with Gasteiger partial charge in [-0.25, -0.2) is 0 Å². The second-order valence-electron chi connectivity index (χ2n) is 14.8. The number of aromatic nitrogens is 2. The van der Waals surface area contributed by atoms with Crippen LogP contribution in [-0.2, 0) is 0 Å². The first kappa shape index (κ1) is 27.8. The number of para-hydroxylation sites is 1. The van der Waals surface area contributed by atoms with E-state index in [2.05, 4.69) is 179 Å². The molecule has 1 aliphatic heterocycles. The largest absolute Gasteiger partial charge is 0.485 e. The number of hydrogen-bond donors (Lipinski definition) is 0. The molecule has 3 aliphatic rings. The summed E-state index contributed by atoms with van der Waals surface area (Å²) in [6.45, 7) is 0. The van der Waals surface area contributed by atoms with Crippen molar-refractivity contribution in [1.29, 1.82) is 0 Å². The lowest BCUT2D eigenvalue weighted by atomic mass is 9.91. The number of rotatable bonds is 2. The molecular formula is C50H30N2O. The lowest BCUT2D eigenvalue weighted by Crippen LogP contribution is -2.15. The number of allylic oxidation sites excluding steroid dienone is 2. The molecule has 3 heteroatoms. The Morgan fingerprint density at radius 1 is 0.434 bits per heavy atom. The van der Waals surface area contributed by atoms with E-state index in [1.54, 1.807) is 0 Å². The van der Waals surface area contributed by atoms with E-state index in [-0.39, 0.29) is 12.0 Å². The number of ether oxygens (including phenoxy) is 1. The van der Waals surface area contributed by atoms with Crippen molar-refractivity contribution < 1.29 is 4.74 Å².